The van der Waals surface area contributed by atoms with Gasteiger partial charge in [0.1, 0.15) is 16.4 Å². The molecule has 0 aliphatic heterocycles. The van der Waals surface area contributed by atoms with Crippen LogP contribution in [0.15, 0.2) is 82.0 Å². The molecule has 8 nitrogen and oxygen atoms in total. The van der Waals surface area contributed by atoms with Crippen LogP contribution in [0.2, 0.25) is 0 Å². The van der Waals surface area contributed by atoms with E-state index < -0.39 is 5.97 Å². The van der Waals surface area contributed by atoms with Crippen LogP contribution in [0.25, 0.3) is 11.3 Å². The molecule has 4 aromatic rings. The molecule has 0 fully saturated rings. The van der Waals surface area contributed by atoms with Crippen LogP contribution >= 0.6 is 22.7 Å². The number of nitrogens with zero attached hydrogens (tertiary/aromatic N) is 3. The molecular weight excluding hydrogens is 510 g/mol. The van der Waals surface area contributed by atoms with Gasteiger partial charge in [-0.2, -0.15) is 5.10 Å². The maximum Gasteiger partial charge on any atom is 0.353 e. The Morgan fingerprint density at radius 3 is 2.51 bits per heavy atom. The lowest BCUT2D eigenvalue weighted by atomic mass is 10.1. The summed E-state index contributed by atoms with van der Waals surface area (Å²) < 4.78 is 23.7. The van der Waals surface area contributed by atoms with Crippen LogP contribution in [0.5, 0.6) is 23.0 Å². The minimum absolute atomic E-state index is 0.324. The normalized spacial score (nSPS) is 11.5. The van der Waals surface area contributed by atoms with E-state index in [2.05, 4.69) is 11.6 Å². The van der Waals surface area contributed by atoms with Crippen LogP contribution < -0.4 is 23.7 Å². The van der Waals surface area contributed by atoms with Crippen molar-refractivity contribution in [2.45, 2.75) is 0 Å². The van der Waals surface area contributed by atoms with Crippen molar-refractivity contribution in [3.63, 3.8) is 0 Å². The number of methoxy groups -OCH3 is 3. The third-order valence-corrected chi connectivity index (χ3v) is 6.86. The third kappa shape index (κ3) is 5.99. The van der Waals surface area contributed by atoms with E-state index >= 15 is 0 Å². The number of benzene rings is 2. The molecule has 0 aliphatic carbocycles. The third-order valence-electron chi connectivity index (χ3n) is 5.16. The maximum absolute atomic E-state index is 12.4. The SMILES string of the molecule is C=CCN=c1scc(-c2cc(OC)ccc2OC)n1N=Cc1ccc(OC(=O)c2cccs2)c(OC)c1. The van der Waals surface area contributed by atoms with Crippen LogP contribution in [-0.4, -0.2) is 44.7 Å². The average Bonchev–Trinajstić information content (AvgIpc) is 3.61. The number of thiazole rings is 1. The van der Waals surface area contributed by atoms with Gasteiger partial charge in [0.25, 0.3) is 0 Å². The van der Waals surface area contributed by atoms with Gasteiger partial charge < -0.3 is 18.9 Å². The Balaban J connectivity index is 1.71. The predicted molar refractivity (Wildman–Crippen MR) is 147 cm³/mol. The van der Waals surface area contributed by atoms with Gasteiger partial charge in [-0.1, -0.05) is 12.1 Å². The molecule has 0 amide bonds. The molecular formula is C27H25N3O5S2. The highest BCUT2D eigenvalue weighted by Gasteiger charge is 2.15. The zero-order valence-electron chi connectivity index (χ0n) is 20.5. The lowest BCUT2D eigenvalue weighted by molar-refractivity contribution is 0.0735. The molecule has 4 rings (SSSR count). The molecule has 2 aromatic carbocycles. The van der Waals surface area contributed by atoms with E-state index in [1.54, 1.807) is 61.5 Å². The standard InChI is InChI=1S/C27H25N3O5S2/c1-5-12-28-27-30(21(17-37-27)20-15-19(32-2)9-11-22(20)33-3)29-16-18-8-10-23(24(14-18)34-4)35-26(31)25-7-6-13-36-25/h5-11,13-17H,1,12H2,2-4H3. The first-order valence-corrected chi connectivity index (χ1v) is 12.9. The Morgan fingerprint density at radius 2 is 1.81 bits per heavy atom. The summed E-state index contributed by atoms with van der Waals surface area (Å²) in [5.74, 6) is 1.67. The summed E-state index contributed by atoms with van der Waals surface area (Å²) in [6, 6.07) is 14.3. The Labute approximate surface area is 222 Å². The van der Waals surface area contributed by atoms with Crippen LogP contribution in [0, 0.1) is 0 Å². The number of carbonyl (C=O) groups is 1. The van der Waals surface area contributed by atoms with E-state index in [0.717, 1.165) is 16.8 Å². The first-order valence-electron chi connectivity index (χ1n) is 11.1. The zero-order valence-corrected chi connectivity index (χ0v) is 22.2. The predicted octanol–water partition coefficient (Wildman–Crippen LogP) is 5.49. The summed E-state index contributed by atoms with van der Waals surface area (Å²) in [5.41, 5.74) is 2.33. The van der Waals surface area contributed by atoms with E-state index in [9.17, 15) is 4.79 Å². The molecule has 2 heterocycles. The summed E-state index contributed by atoms with van der Waals surface area (Å²) in [6.07, 6.45) is 3.41. The number of esters is 1. The van der Waals surface area contributed by atoms with Crippen molar-refractivity contribution in [3.8, 4) is 34.3 Å². The molecule has 37 heavy (non-hydrogen) atoms. The molecule has 0 atom stereocenters. The number of aromatic nitrogens is 1. The lowest BCUT2D eigenvalue weighted by Gasteiger charge is -2.11. The molecule has 0 unspecified atom stereocenters. The van der Waals surface area contributed by atoms with Crippen molar-refractivity contribution >= 4 is 34.9 Å². The highest BCUT2D eigenvalue weighted by atomic mass is 32.1. The van der Waals surface area contributed by atoms with E-state index in [1.807, 2.05) is 29.0 Å². The summed E-state index contributed by atoms with van der Waals surface area (Å²) in [6.45, 7) is 4.20. The Hall–Kier alpha value is -4.15. The monoisotopic (exact) mass is 535 g/mol. The van der Waals surface area contributed by atoms with Crippen LogP contribution in [0.4, 0.5) is 0 Å². The Kier molecular flexibility index (Phi) is 8.55. The van der Waals surface area contributed by atoms with Gasteiger partial charge in [0.15, 0.2) is 11.5 Å². The molecule has 0 radical (unpaired) electrons. The quantitative estimate of drug-likeness (QED) is 0.116. The topological polar surface area (TPSA) is 83.6 Å². The summed E-state index contributed by atoms with van der Waals surface area (Å²) in [7, 11) is 4.75. The summed E-state index contributed by atoms with van der Waals surface area (Å²) in [4.78, 5) is 18.2. The van der Waals surface area contributed by atoms with E-state index in [1.165, 1.54) is 29.8 Å². The smallest absolute Gasteiger partial charge is 0.353 e. The molecule has 0 saturated heterocycles. The van der Waals surface area contributed by atoms with Gasteiger partial charge in [-0.3, -0.25) is 4.99 Å². The van der Waals surface area contributed by atoms with Gasteiger partial charge in [0.2, 0.25) is 4.80 Å². The zero-order chi connectivity index (χ0) is 26.2. The van der Waals surface area contributed by atoms with Gasteiger partial charge in [0, 0.05) is 10.9 Å². The van der Waals surface area contributed by atoms with Gasteiger partial charge in [0.05, 0.1) is 39.8 Å². The van der Waals surface area contributed by atoms with E-state index in [-0.39, 0.29) is 0 Å². The van der Waals surface area contributed by atoms with Crippen molar-refractivity contribution in [3.05, 3.63) is 87.2 Å². The largest absolute Gasteiger partial charge is 0.497 e. The average molecular weight is 536 g/mol. The Bertz CT molecular complexity index is 1490. The highest BCUT2D eigenvalue weighted by Crippen LogP contribution is 2.34. The van der Waals surface area contributed by atoms with Crippen LogP contribution in [0.1, 0.15) is 15.2 Å². The van der Waals surface area contributed by atoms with Crippen molar-refractivity contribution in [1.82, 2.24) is 4.68 Å². The van der Waals surface area contributed by atoms with Crippen LogP contribution in [-0.2, 0) is 0 Å². The minimum Gasteiger partial charge on any atom is -0.497 e. The molecule has 0 N–H and O–H groups in total. The molecule has 0 spiro atoms. The second kappa shape index (κ2) is 12.2. The second-order valence-electron chi connectivity index (χ2n) is 7.43. The van der Waals surface area contributed by atoms with Crippen molar-refractivity contribution in [1.29, 1.82) is 0 Å². The van der Waals surface area contributed by atoms with Crippen molar-refractivity contribution < 1.29 is 23.7 Å². The maximum atomic E-state index is 12.4. The number of rotatable bonds is 10. The van der Waals surface area contributed by atoms with Gasteiger partial charge in [-0.25, -0.2) is 9.47 Å². The Morgan fingerprint density at radius 1 is 1.00 bits per heavy atom. The lowest BCUT2D eigenvalue weighted by Crippen LogP contribution is -2.13. The molecule has 0 bridgehead atoms. The number of carbonyl (C=O) groups excluding carboxylic acids is 1. The minimum atomic E-state index is -0.436. The number of ether oxygens (including phenoxy) is 4. The first kappa shape index (κ1) is 25.9. The molecule has 2 aromatic heterocycles. The molecule has 0 saturated carbocycles. The van der Waals surface area contributed by atoms with Crippen molar-refractivity contribution in [2.24, 2.45) is 10.1 Å². The summed E-state index contributed by atoms with van der Waals surface area (Å²) >= 11 is 2.77. The van der Waals surface area contributed by atoms with Crippen molar-refractivity contribution in [2.75, 3.05) is 27.9 Å². The van der Waals surface area contributed by atoms with Gasteiger partial charge in [-0.05, 0) is 53.4 Å². The fraction of sp³-hybridized carbons (Fsp3) is 0.148. The molecule has 0 aliphatic rings. The van der Waals surface area contributed by atoms with Gasteiger partial charge >= 0.3 is 5.97 Å². The fourth-order valence-electron chi connectivity index (χ4n) is 3.38. The van der Waals surface area contributed by atoms with E-state index in [4.69, 9.17) is 24.0 Å². The number of hydrogen-bond donors (Lipinski definition) is 0. The number of hydrogen-bond acceptors (Lipinski definition) is 9. The second-order valence-corrected chi connectivity index (χ2v) is 9.22. The van der Waals surface area contributed by atoms with Gasteiger partial charge in [-0.15, -0.1) is 29.3 Å². The molecule has 10 heteroatoms. The number of thiophene rings is 1. The first-order chi connectivity index (χ1) is 18.1. The fourth-order valence-corrected chi connectivity index (χ4v) is 4.82. The molecule has 190 valence electrons. The highest BCUT2D eigenvalue weighted by molar-refractivity contribution is 7.12. The van der Waals surface area contributed by atoms with E-state index in [0.29, 0.717) is 39.2 Å². The summed E-state index contributed by atoms with van der Waals surface area (Å²) in [5, 5.41) is 8.50. The van der Waals surface area contributed by atoms with Crippen LogP contribution in [0.3, 0.4) is 0 Å².